The Morgan fingerprint density at radius 2 is 1.85 bits per heavy atom. The highest BCUT2D eigenvalue weighted by Crippen LogP contribution is 2.26. The molecule has 4 rings (SSSR count). The minimum absolute atomic E-state index is 0.445. The Morgan fingerprint density at radius 3 is 2.63 bits per heavy atom. The summed E-state index contributed by atoms with van der Waals surface area (Å²) in [7, 11) is 0. The molecule has 0 unspecified atom stereocenters. The molecule has 0 saturated heterocycles. The highest BCUT2D eigenvalue weighted by molar-refractivity contribution is 5.93. The van der Waals surface area contributed by atoms with Crippen molar-refractivity contribution in [1.29, 1.82) is 0 Å². The molecule has 4 aromatic rings. The van der Waals surface area contributed by atoms with Gasteiger partial charge in [0.05, 0.1) is 5.52 Å². The van der Waals surface area contributed by atoms with E-state index < -0.39 is 0 Å². The number of H-pyrrole nitrogens is 1. The molecule has 2 heterocycles. The Balaban J connectivity index is 1.71. The zero-order valence-corrected chi connectivity index (χ0v) is 15.1. The van der Waals surface area contributed by atoms with Crippen molar-refractivity contribution < 1.29 is 0 Å². The standard InChI is InChI=1S/C20H21N7/c1-2-16-23-19(18-15-10-6-9-14(11-21)17(15)26-27-18)25-20(24-16)22-12-13-7-4-3-5-8-13/h3-10H,2,11-12,21H2,1H3,(H,26,27)(H,22,23,24,25). The van der Waals surface area contributed by atoms with E-state index in [0.29, 0.717) is 37.0 Å². The highest BCUT2D eigenvalue weighted by Gasteiger charge is 2.15. The summed E-state index contributed by atoms with van der Waals surface area (Å²) in [5.74, 6) is 1.83. The van der Waals surface area contributed by atoms with E-state index >= 15 is 0 Å². The molecular weight excluding hydrogens is 338 g/mol. The van der Waals surface area contributed by atoms with Crippen LogP contribution in [0.1, 0.15) is 23.9 Å². The summed E-state index contributed by atoms with van der Waals surface area (Å²) in [6.45, 7) is 3.11. The Morgan fingerprint density at radius 1 is 1.00 bits per heavy atom. The first-order valence-electron chi connectivity index (χ1n) is 8.97. The molecule has 7 heteroatoms. The van der Waals surface area contributed by atoms with E-state index in [2.05, 4.69) is 42.6 Å². The van der Waals surface area contributed by atoms with Gasteiger partial charge in [-0.25, -0.2) is 4.98 Å². The number of hydrogen-bond donors (Lipinski definition) is 3. The van der Waals surface area contributed by atoms with E-state index in [4.69, 9.17) is 5.73 Å². The van der Waals surface area contributed by atoms with Gasteiger partial charge in [0.1, 0.15) is 11.5 Å². The maximum atomic E-state index is 5.83. The Labute approximate surface area is 157 Å². The minimum atomic E-state index is 0.445. The molecule has 0 spiro atoms. The molecule has 0 aliphatic carbocycles. The molecule has 7 nitrogen and oxygen atoms in total. The van der Waals surface area contributed by atoms with Crippen LogP contribution < -0.4 is 11.1 Å². The number of hydrogen-bond acceptors (Lipinski definition) is 6. The van der Waals surface area contributed by atoms with Crippen LogP contribution in [-0.2, 0) is 19.5 Å². The van der Waals surface area contributed by atoms with Gasteiger partial charge in [0.2, 0.25) is 5.95 Å². The van der Waals surface area contributed by atoms with Gasteiger partial charge in [-0.15, -0.1) is 0 Å². The molecule has 0 fully saturated rings. The number of aryl methyl sites for hydroxylation is 1. The Kier molecular flexibility index (Phi) is 4.76. The predicted octanol–water partition coefficient (Wildman–Crippen LogP) is 3.05. The molecule has 2 aromatic heterocycles. The van der Waals surface area contributed by atoms with Crippen LogP contribution in [0, 0.1) is 0 Å². The van der Waals surface area contributed by atoms with Crippen molar-refractivity contribution >= 4 is 16.9 Å². The maximum absolute atomic E-state index is 5.83. The molecule has 136 valence electrons. The number of anilines is 1. The fraction of sp³-hybridized carbons (Fsp3) is 0.200. The van der Waals surface area contributed by atoms with Crippen molar-refractivity contribution in [1.82, 2.24) is 25.1 Å². The molecule has 27 heavy (non-hydrogen) atoms. The van der Waals surface area contributed by atoms with Crippen LogP contribution in [0.15, 0.2) is 48.5 Å². The van der Waals surface area contributed by atoms with E-state index in [0.717, 1.165) is 27.9 Å². The van der Waals surface area contributed by atoms with Crippen molar-refractivity contribution in [3.8, 4) is 11.5 Å². The van der Waals surface area contributed by atoms with E-state index in [1.807, 2.05) is 43.3 Å². The third-order valence-electron chi connectivity index (χ3n) is 4.41. The van der Waals surface area contributed by atoms with Crippen LogP contribution in [0.2, 0.25) is 0 Å². The smallest absolute Gasteiger partial charge is 0.226 e. The molecule has 0 radical (unpaired) electrons. The topological polar surface area (TPSA) is 105 Å². The van der Waals surface area contributed by atoms with Crippen LogP contribution in [-0.4, -0.2) is 25.1 Å². The maximum Gasteiger partial charge on any atom is 0.226 e. The lowest BCUT2D eigenvalue weighted by atomic mass is 10.1. The molecular formula is C20H21N7. The summed E-state index contributed by atoms with van der Waals surface area (Å²) in [6.07, 6.45) is 0.714. The van der Waals surface area contributed by atoms with Gasteiger partial charge in [0.25, 0.3) is 0 Å². The summed E-state index contributed by atoms with van der Waals surface area (Å²) in [5, 5.41) is 11.8. The first-order chi connectivity index (χ1) is 13.3. The average Bonchev–Trinajstić information content (AvgIpc) is 3.17. The van der Waals surface area contributed by atoms with Gasteiger partial charge in [-0.3, -0.25) is 5.10 Å². The summed E-state index contributed by atoms with van der Waals surface area (Å²) < 4.78 is 0. The molecule has 2 aromatic carbocycles. The largest absolute Gasteiger partial charge is 0.350 e. The van der Waals surface area contributed by atoms with E-state index in [1.54, 1.807) is 0 Å². The zero-order chi connectivity index (χ0) is 18.6. The number of benzene rings is 2. The summed E-state index contributed by atoms with van der Waals surface area (Å²) in [6, 6.07) is 16.1. The van der Waals surface area contributed by atoms with Gasteiger partial charge in [0.15, 0.2) is 5.82 Å². The average molecular weight is 359 g/mol. The number of para-hydroxylation sites is 1. The Hall–Kier alpha value is -3.32. The Bertz CT molecular complexity index is 1060. The first-order valence-corrected chi connectivity index (χ1v) is 8.97. The number of aromatic amines is 1. The number of nitrogens with two attached hydrogens (primary N) is 1. The van der Waals surface area contributed by atoms with E-state index in [-0.39, 0.29) is 0 Å². The van der Waals surface area contributed by atoms with Crippen molar-refractivity contribution in [2.75, 3.05) is 5.32 Å². The molecule has 0 saturated carbocycles. The normalized spacial score (nSPS) is 11.0. The second-order valence-electron chi connectivity index (χ2n) is 6.21. The fourth-order valence-electron chi connectivity index (χ4n) is 2.98. The van der Waals surface area contributed by atoms with Gasteiger partial charge in [-0.05, 0) is 11.1 Å². The second kappa shape index (κ2) is 7.51. The van der Waals surface area contributed by atoms with Gasteiger partial charge in [0, 0.05) is 24.9 Å². The molecule has 0 amide bonds. The van der Waals surface area contributed by atoms with Gasteiger partial charge >= 0.3 is 0 Å². The van der Waals surface area contributed by atoms with Crippen LogP contribution in [0.3, 0.4) is 0 Å². The number of aromatic nitrogens is 5. The third kappa shape index (κ3) is 3.50. The lowest BCUT2D eigenvalue weighted by molar-refractivity contribution is 0.891. The SMILES string of the molecule is CCc1nc(NCc2ccccc2)nc(-c2n[nH]c3c(CN)cccc23)n1. The van der Waals surface area contributed by atoms with E-state index in [9.17, 15) is 0 Å². The van der Waals surface area contributed by atoms with Crippen LogP contribution in [0.4, 0.5) is 5.95 Å². The van der Waals surface area contributed by atoms with Gasteiger partial charge in [-0.1, -0.05) is 55.5 Å². The third-order valence-corrected chi connectivity index (χ3v) is 4.41. The number of nitrogens with zero attached hydrogens (tertiary/aromatic N) is 4. The lowest BCUT2D eigenvalue weighted by Crippen LogP contribution is -2.08. The van der Waals surface area contributed by atoms with Crippen molar-refractivity contribution in [3.63, 3.8) is 0 Å². The quantitative estimate of drug-likeness (QED) is 0.489. The fourth-order valence-corrected chi connectivity index (χ4v) is 2.98. The summed E-state index contributed by atoms with van der Waals surface area (Å²) in [4.78, 5) is 13.7. The summed E-state index contributed by atoms with van der Waals surface area (Å²) >= 11 is 0. The van der Waals surface area contributed by atoms with Crippen LogP contribution >= 0.6 is 0 Å². The molecule has 4 N–H and O–H groups in total. The predicted molar refractivity (Wildman–Crippen MR) is 106 cm³/mol. The molecule has 0 bridgehead atoms. The van der Waals surface area contributed by atoms with Crippen molar-refractivity contribution in [2.24, 2.45) is 5.73 Å². The van der Waals surface area contributed by atoms with Gasteiger partial charge < -0.3 is 11.1 Å². The lowest BCUT2D eigenvalue weighted by Gasteiger charge is -2.08. The number of fused-ring (bicyclic) bond motifs is 1. The van der Waals surface area contributed by atoms with Crippen molar-refractivity contribution in [2.45, 2.75) is 26.4 Å². The number of rotatable bonds is 6. The van der Waals surface area contributed by atoms with Gasteiger partial charge in [-0.2, -0.15) is 15.1 Å². The highest BCUT2D eigenvalue weighted by atomic mass is 15.2. The van der Waals surface area contributed by atoms with Crippen LogP contribution in [0.25, 0.3) is 22.4 Å². The zero-order valence-electron chi connectivity index (χ0n) is 15.1. The number of nitrogens with one attached hydrogen (secondary N) is 2. The second-order valence-corrected chi connectivity index (χ2v) is 6.21. The monoisotopic (exact) mass is 359 g/mol. The van der Waals surface area contributed by atoms with Crippen LogP contribution in [0.5, 0.6) is 0 Å². The molecule has 0 aliphatic rings. The molecule has 0 aliphatic heterocycles. The first kappa shape index (κ1) is 17.1. The molecule has 0 atom stereocenters. The summed E-state index contributed by atoms with van der Waals surface area (Å²) in [5.41, 5.74) is 9.64. The minimum Gasteiger partial charge on any atom is -0.350 e. The van der Waals surface area contributed by atoms with E-state index in [1.165, 1.54) is 0 Å². The van der Waals surface area contributed by atoms with Crippen molar-refractivity contribution in [3.05, 3.63) is 65.5 Å².